The maximum absolute atomic E-state index is 11.2. The summed E-state index contributed by atoms with van der Waals surface area (Å²) >= 11 is 7.37. The third-order valence-corrected chi connectivity index (χ3v) is 3.06. The fourth-order valence-corrected chi connectivity index (χ4v) is 2.12. The summed E-state index contributed by atoms with van der Waals surface area (Å²) in [5.41, 5.74) is 0. The lowest BCUT2D eigenvalue weighted by atomic mass is 10.4. The molecule has 0 aliphatic rings. The number of carbonyl (C=O) groups excluding carboxylic acids is 1. The van der Waals surface area contributed by atoms with Gasteiger partial charge < -0.3 is 10.6 Å². The van der Waals surface area contributed by atoms with E-state index in [-0.39, 0.29) is 5.91 Å². The zero-order valence-corrected chi connectivity index (χ0v) is 10.3. The molecule has 1 heterocycles. The van der Waals surface area contributed by atoms with Crippen LogP contribution in [0.15, 0.2) is 11.4 Å². The van der Waals surface area contributed by atoms with Crippen molar-refractivity contribution in [3.63, 3.8) is 0 Å². The molecule has 0 aliphatic heterocycles. The molecule has 0 aromatic carbocycles. The molecule has 1 amide bonds. The van der Waals surface area contributed by atoms with E-state index in [0.717, 1.165) is 22.9 Å². The number of hydrogen-bond donors (Lipinski definition) is 2. The molecule has 0 saturated carbocycles. The van der Waals surface area contributed by atoms with E-state index < -0.39 is 0 Å². The summed E-state index contributed by atoms with van der Waals surface area (Å²) in [7, 11) is 0. The molecule has 0 radical (unpaired) electrons. The minimum absolute atomic E-state index is 0.0412. The van der Waals surface area contributed by atoms with Gasteiger partial charge in [0, 0.05) is 23.3 Å². The van der Waals surface area contributed by atoms with Gasteiger partial charge in [-0.15, -0.1) is 11.3 Å². The van der Waals surface area contributed by atoms with Crippen LogP contribution in [0.5, 0.6) is 0 Å². The molecule has 84 valence electrons. The van der Waals surface area contributed by atoms with Crippen LogP contribution in [-0.4, -0.2) is 19.0 Å². The van der Waals surface area contributed by atoms with Gasteiger partial charge >= 0.3 is 0 Å². The van der Waals surface area contributed by atoms with E-state index in [0.29, 0.717) is 13.1 Å². The molecule has 0 spiro atoms. The summed E-state index contributed by atoms with van der Waals surface area (Å²) in [6.07, 6.45) is 0.965. The summed E-state index contributed by atoms with van der Waals surface area (Å²) < 4.78 is 0. The highest BCUT2D eigenvalue weighted by Crippen LogP contribution is 2.18. The van der Waals surface area contributed by atoms with Gasteiger partial charge in [0.15, 0.2) is 0 Å². The molecular formula is C10H15ClN2OS. The number of halogens is 1. The Kier molecular flexibility index (Phi) is 5.68. The van der Waals surface area contributed by atoms with Crippen LogP contribution in [0.3, 0.4) is 0 Å². The second-order valence-electron chi connectivity index (χ2n) is 3.18. The molecule has 0 unspecified atom stereocenters. The Morgan fingerprint density at radius 3 is 3.00 bits per heavy atom. The number of hydrogen-bond acceptors (Lipinski definition) is 3. The van der Waals surface area contributed by atoms with Crippen LogP contribution in [0.1, 0.15) is 18.2 Å². The second kappa shape index (κ2) is 6.82. The molecule has 0 atom stereocenters. The predicted molar refractivity (Wildman–Crippen MR) is 64.3 cm³/mol. The molecule has 1 rings (SSSR count). The van der Waals surface area contributed by atoms with Gasteiger partial charge in [-0.25, -0.2) is 0 Å². The molecule has 0 bridgehead atoms. The molecule has 0 fully saturated rings. The fraction of sp³-hybridized carbons (Fsp3) is 0.500. The summed E-state index contributed by atoms with van der Waals surface area (Å²) in [6.45, 7) is 3.82. The zero-order chi connectivity index (χ0) is 11.1. The van der Waals surface area contributed by atoms with Crippen LogP contribution in [0.25, 0.3) is 0 Å². The van der Waals surface area contributed by atoms with Crippen molar-refractivity contribution in [2.75, 3.05) is 13.1 Å². The number of thiophene rings is 1. The fourth-order valence-electron chi connectivity index (χ4n) is 1.07. The lowest BCUT2D eigenvalue weighted by Crippen LogP contribution is -2.33. The van der Waals surface area contributed by atoms with E-state index in [4.69, 9.17) is 11.6 Å². The highest BCUT2D eigenvalue weighted by Gasteiger charge is 2.00. The minimum Gasteiger partial charge on any atom is -0.355 e. The van der Waals surface area contributed by atoms with Gasteiger partial charge in [-0.3, -0.25) is 4.79 Å². The Bertz CT molecular complexity index is 314. The minimum atomic E-state index is 0.0412. The van der Waals surface area contributed by atoms with Crippen molar-refractivity contribution < 1.29 is 4.79 Å². The van der Waals surface area contributed by atoms with Crippen LogP contribution in [0.4, 0.5) is 0 Å². The van der Waals surface area contributed by atoms with Gasteiger partial charge in [0.25, 0.3) is 0 Å². The summed E-state index contributed by atoms with van der Waals surface area (Å²) in [4.78, 5) is 12.3. The number of amides is 1. The van der Waals surface area contributed by atoms with E-state index in [2.05, 4.69) is 10.6 Å². The zero-order valence-electron chi connectivity index (χ0n) is 8.68. The lowest BCUT2D eigenvalue weighted by molar-refractivity contribution is -0.120. The first-order valence-electron chi connectivity index (χ1n) is 4.92. The largest absolute Gasteiger partial charge is 0.355 e. The van der Waals surface area contributed by atoms with Crippen LogP contribution in [0, 0.1) is 0 Å². The van der Waals surface area contributed by atoms with Crippen molar-refractivity contribution in [1.29, 1.82) is 0 Å². The Morgan fingerprint density at radius 2 is 2.40 bits per heavy atom. The summed E-state index contributed by atoms with van der Waals surface area (Å²) in [6, 6.07) is 1.91. The number of rotatable bonds is 6. The first-order valence-corrected chi connectivity index (χ1v) is 6.18. The first-order chi connectivity index (χ1) is 7.22. The molecular weight excluding hydrogens is 232 g/mol. The number of nitrogens with one attached hydrogen (secondary N) is 2. The van der Waals surface area contributed by atoms with E-state index in [1.165, 1.54) is 0 Å². The summed E-state index contributed by atoms with van der Waals surface area (Å²) in [5.74, 6) is 0.0412. The average molecular weight is 247 g/mol. The Balaban J connectivity index is 2.13. The van der Waals surface area contributed by atoms with E-state index in [1.54, 1.807) is 11.3 Å². The maximum Gasteiger partial charge on any atom is 0.233 e. The standard InChI is InChI=1S/C10H15ClN2OS/c1-2-3-13-10(14)6-12-5-9-4-8(11)7-15-9/h4,7,12H,2-3,5-6H2,1H3,(H,13,14). The van der Waals surface area contributed by atoms with E-state index >= 15 is 0 Å². The van der Waals surface area contributed by atoms with Crippen molar-refractivity contribution >= 4 is 28.8 Å². The van der Waals surface area contributed by atoms with Crippen molar-refractivity contribution in [2.24, 2.45) is 0 Å². The highest BCUT2D eigenvalue weighted by molar-refractivity contribution is 7.10. The summed E-state index contributed by atoms with van der Waals surface area (Å²) in [5, 5.41) is 8.50. The Morgan fingerprint density at radius 1 is 1.60 bits per heavy atom. The monoisotopic (exact) mass is 246 g/mol. The molecule has 3 nitrogen and oxygen atoms in total. The Labute approximate surface area is 98.8 Å². The van der Waals surface area contributed by atoms with Crippen molar-refractivity contribution in [1.82, 2.24) is 10.6 Å². The van der Waals surface area contributed by atoms with Crippen molar-refractivity contribution in [3.8, 4) is 0 Å². The third kappa shape index (κ3) is 5.16. The van der Waals surface area contributed by atoms with Gasteiger partial charge in [0.2, 0.25) is 5.91 Å². The lowest BCUT2D eigenvalue weighted by Gasteiger charge is -2.04. The third-order valence-electron chi connectivity index (χ3n) is 1.78. The quantitative estimate of drug-likeness (QED) is 0.806. The SMILES string of the molecule is CCCNC(=O)CNCc1cc(Cl)cs1. The van der Waals surface area contributed by atoms with Crippen LogP contribution >= 0.6 is 22.9 Å². The van der Waals surface area contributed by atoms with Gasteiger partial charge in [-0.05, 0) is 12.5 Å². The molecule has 1 aromatic rings. The molecule has 5 heteroatoms. The van der Waals surface area contributed by atoms with Crippen molar-refractivity contribution in [2.45, 2.75) is 19.9 Å². The van der Waals surface area contributed by atoms with Crippen LogP contribution in [-0.2, 0) is 11.3 Å². The van der Waals surface area contributed by atoms with Crippen molar-refractivity contribution in [3.05, 3.63) is 21.3 Å². The Hall–Kier alpha value is -0.580. The normalized spacial score (nSPS) is 10.3. The van der Waals surface area contributed by atoms with E-state index in [1.807, 2.05) is 18.4 Å². The topological polar surface area (TPSA) is 41.1 Å². The second-order valence-corrected chi connectivity index (χ2v) is 4.62. The maximum atomic E-state index is 11.2. The smallest absolute Gasteiger partial charge is 0.233 e. The van der Waals surface area contributed by atoms with Gasteiger partial charge in [-0.1, -0.05) is 18.5 Å². The van der Waals surface area contributed by atoms with Gasteiger partial charge in [0.1, 0.15) is 0 Å². The molecule has 0 aliphatic carbocycles. The van der Waals surface area contributed by atoms with Gasteiger partial charge in [0.05, 0.1) is 11.6 Å². The van der Waals surface area contributed by atoms with E-state index in [9.17, 15) is 4.79 Å². The molecule has 15 heavy (non-hydrogen) atoms. The molecule has 0 saturated heterocycles. The molecule has 2 N–H and O–H groups in total. The van der Waals surface area contributed by atoms with Gasteiger partial charge in [-0.2, -0.15) is 0 Å². The highest BCUT2D eigenvalue weighted by atomic mass is 35.5. The van der Waals surface area contributed by atoms with Crippen LogP contribution < -0.4 is 10.6 Å². The van der Waals surface area contributed by atoms with Crippen LogP contribution in [0.2, 0.25) is 5.02 Å². The molecule has 1 aromatic heterocycles. The number of carbonyl (C=O) groups is 1. The predicted octanol–water partition coefficient (Wildman–Crippen LogP) is 2.02. The average Bonchev–Trinajstić information content (AvgIpc) is 2.61. The first kappa shape index (κ1) is 12.5.